The van der Waals surface area contributed by atoms with Crippen LogP contribution in [0, 0.1) is 11.7 Å². The summed E-state index contributed by atoms with van der Waals surface area (Å²) in [4.78, 5) is 0. The Kier molecular flexibility index (Phi) is 5.99. The average molecular weight is 288 g/mol. The third-order valence-electron chi connectivity index (χ3n) is 2.52. The van der Waals surface area contributed by atoms with E-state index >= 15 is 0 Å². The SMILES string of the molecule is CCCNCC(C)Cc1cccc(F)c1Br. The summed E-state index contributed by atoms with van der Waals surface area (Å²) in [5.74, 6) is 0.343. The van der Waals surface area contributed by atoms with Gasteiger partial charge in [0.25, 0.3) is 0 Å². The van der Waals surface area contributed by atoms with Gasteiger partial charge in [0.1, 0.15) is 5.82 Å². The minimum atomic E-state index is -0.175. The van der Waals surface area contributed by atoms with Gasteiger partial charge in [-0.2, -0.15) is 0 Å². The van der Waals surface area contributed by atoms with Crippen LogP contribution in [0.25, 0.3) is 0 Å². The summed E-state index contributed by atoms with van der Waals surface area (Å²) in [6.45, 7) is 6.37. The average Bonchev–Trinajstić information content (AvgIpc) is 2.25. The Morgan fingerprint density at radius 1 is 1.44 bits per heavy atom. The molecule has 0 radical (unpaired) electrons. The molecule has 1 aromatic carbocycles. The monoisotopic (exact) mass is 287 g/mol. The maximum atomic E-state index is 13.3. The van der Waals surface area contributed by atoms with Gasteiger partial charge in [-0.05, 0) is 59.4 Å². The standard InChI is InChI=1S/C13H19BrFN/c1-3-7-16-9-10(2)8-11-5-4-6-12(15)13(11)14/h4-6,10,16H,3,7-9H2,1-2H3. The molecule has 0 heterocycles. The summed E-state index contributed by atoms with van der Waals surface area (Å²) < 4.78 is 13.9. The molecule has 0 amide bonds. The van der Waals surface area contributed by atoms with Gasteiger partial charge in [-0.1, -0.05) is 26.0 Å². The van der Waals surface area contributed by atoms with E-state index in [2.05, 4.69) is 35.1 Å². The van der Waals surface area contributed by atoms with E-state index in [0.717, 1.165) is 31.5 Å². The van der Waals surface area contributed by atoms with Crippen molar-refractivity contribution in [3.63, 3.8) is 0 Å². The molecule has 0 saturated carbocycles. The molecule has 0 spiro atoms. The van der Waals surface area contributed by atoms with Crippen molar-refractivity contribution in [3.8, 4) is 0 Å². The molecule has 1 unspecified atom stereocenters. The zero-order valence-electron chi connectivity index (χ0n) is 9.89. The topological polar surface area (TPSA) is 12.0 Å². The number of nitrogens with one attached hydrogen (secondary N) is 1. The minimum Gasteiger partial charge on any atom is -0.316 e. The molecule has 1 rings (SSSR count). The lowest BCUT2D eigenvalue weighted by molar-refractivity contribution is 0.508. The summed E-state index contributed by atoms with van der Waals surface area (Å²) in [7, 11) is 0. The quantitative estimate of drug-likeness (QED) is 0.786. The first-order chi connectivity index (χ1) is 7.65. The molecule has 1 atom stereocenters. The second-order valence-electron chi connectivity index (χ2n) is 4.23. The Balaban J connectivity index is 2.49. The Labute approximate surface area is 106 Å². The summed E-state index contributed by atoms with van der Waals surface area (Å²) in [6, 6.07) is 5.22. The minimum absolute atomic E-state index is 0.175. The van der Waals surface area contributed by atoms with Crippen LogP contribution < -0.4 is 5.32 Å². The van der Waals surface area contributed by atoms with Crippen LogP contribution in [0.4, 0.5) is 4.39 Å². The fourth-order valence-electron chi connectivity index (χ4n) is 1.68. The van der Waals surface area contributed by atoms with Crippen molar-refractivity contribution in [2.24, 2.45) is 5.92 Å². The van der Waals surface area contributed by atoms with Gasteiger partial charge >= 0.3 is 0 Å². The van der Waals surface area contributed by atoms with Crippen molar-refractivity contribution in [1.82, 2.24) is 5.32 Å². The zero-order valence-corrected chi connectivity index (χ0v) is 11.5. The van der Waals surface area contributed by atoms with E-state index in [1.54, 1.807) is 6.07 Å². The van der Waals surface area contributed by atoms with E-state index < -0.39 is 0 Å². The summed E-state index contributed by atoms with van der Waals surface area (Å²) >= 11 is 3.30. The van der Waals surface area contributed by atoms with E-state index in [9.17, 15) is 4.39 Å². The van der Waals surface area contributed by atoms with Crippen molar-refractivity contribution in [3.05, 3.63) is 34.1 Å². The predicted octanol–water partition coefficient (Wildman–Crippen LogP) is 3.77. The number of hydrogen-bond acceptors (Lipinski definition) is 1. The molecule has 3 heteroatoms. The highest BCUT2D eigenvalue weighted by molar-refractivity contribution is 9.10. The number of benzene rings is 1. The van der Waals surface area contributed by atoms with Crippen LogP contribution in [-0.2, 0) is 6.42 Å². The van der Waals surface area contributed by atoms with Crippen LogP contribution in [0.5, 0.6) is 0 Å². The van der Waals surface area contributed by atoms with Gasteiger partial charge in [0, 0.05) is 0 Å². The van der Waals surface area contributed by atoms with E-state index in [1.165, 1.54) is 6.07 Å². The van der Waals surface area contributed by atoms with Gasteiger partial charge in [0.15, 0.2) is 0 Å². The molecule has 0 saturated heterocycles. The van der Waals surface area contributed by atoms with Crippen molar-refractivity contribution in [1.29, 1.82) is 0 Å². The molecule has 1 N–H and O–H groups in total. The first kappa shape index (κ1) is 13.7. The zero-order chi connectivity index (χ0) is 12.0. The van der Waals surface area contributed by atoms with Crippen molar-refractivity contribution in [2.75, 3.05) is 13.1 Å². The maximum Gasteiger partial charge on any atom is 0.137 e. The summed E-state index contributed by atoms with van der Waals surface area (Å²) in [5.41, 5.74) is 1.05. The lowest BCUT2D eigenvalue weighted by atomic mass is 10.0. The molecular formula is C13H19BrFN. The Hall–Kier alpha value is -0.410. The van der Waals surface area contributed by atoms with Crippen LogP contribution in [0.2, 0.25) is 0 Å². The fraction of sp³-hybridized carbons (Fsp3) is 0.538. The van der Waals surface area contributed by atoms with Crippen molar-refractivity contribution in [2.45, 2.75) is 26.7 Å². The van der Waals surface area contributed by atoms with Crippen molar-refractivity contribution >= 4 is 15.9 Å². The Bertz CT molecular complexity index is 328. The first-order valence-corrected chi connectivity index (χ1v) is 6.58. The highest BCUT2D eigenvalue weighted by atomic mass is 79.9. The molecule has 1 nitrogen and oxygen atoms in total. The summed E-state index contributed by atoms with van der Waals surface area (Å²) in [5, 5.41) is 3.38. The molecule has 0 aliphatic rings. The molecule has 0 fully saturated rings. The van der Waals surface area contributed by atoms with Crippen LogP contribution in [0.15, 0.2) is 22.7 Å². The van der Waals surface area contributed by atoms with Gasteiger partial charge in [-0.3, -0.25) is 0 Å². The van der Waals surface area contributed by atoms with Gasteiger partial charge in [0.2, 0.25) is 0 Å². The van der Waals surface area contributed by atoms with Gasteiger partial charge in [-0.15, -0.1) is 0 Å². The summed E-state index contributed by atoms with van der Waals surface area (Å²) in [6.07, 6.45) is 2.05. The van der Waals surface area contributed by atoms with Crippen molar-refractivity contribution < 1.29 is 4.39 Å². The molecule has 0 aliphatic heterocycles. The second kappa shape index (κ2) is 7.02. The third-order valence-corrected chi connectivity index (χ3v) is 3.41. The molecular weight excluding hydrogens is 269 g/mol. The van der Waals surface area contributed by atoms with Crippen LogP contribution >= 0.6 is 15.9 Å². The van der Waals surface area contributed by atoms with E-state index in [1.807, 2.05) is 6.07 Å². The molecule has 0 aromatic heterocycles. The van der Waals surface area contributed by atoms with Crippen LogP contribution in [0.1, 0.15) is 25.8 Å². The highest BCUT2D eigenvalue weighted by Gasteiger charge is 2.09. The Morgan fingerprint density at radius 3 is 2.88 bits per heavy atom. The van der Waals surface area contributed by atoms with Crippen LogP contribution in [-0.4, -0.2) is 13.1 Å². The number of halogens is 2. The second-order valence-corrected chi connectivity index (χ2v) is 5.02. The number of hydrogen-bond donors (Lipinski definition) is 1. The lowest BCUT2D eigenvalue weighted by Gasteiger charge is -2.13. The smallest absolute Gasteiger partial charge is 0.137 e. The first-order valence-electron chi connectivity index (χ1n) is 5.78. The maximum absolute atomic E-state index is 13.3. The van der Waals surface area contributed by atoms with Gasteiger partial charge < -0.3 is 5.32 Å². The predicted molar refractivity (Wildman–Crippen MR) is 70.1 cm³/mol. The van der Waals surface area contributed by atoms with E-state index in [0.29, 0.717) is 10.4 Å². The number of rotatable bonds is 6. The van der Waals surface area contributed by atoms with Crippen LogP contribution in [0.3, 0.4) is 0 Å². The third kappa shape index (κ3) is 4.22. The van der Waals surface area contributed by atoms with E-state index in [-0.39, 0.29) is 5.82 Å². The fourth-order valence-corrected chi connectivity index (χ4v) is 2.11. The largest absolute Gasteiger partial charge is 0.316 e. The molecule has 90 valence electrons. The molecule has 0 aliphatic carbocycles. The normalized spacial score (nSPS) is 12.8. The van der Waals surface area contributed by atoms with Gasteiger partial charge in [-0.25, -0.2) is 4.39 Å². The lowest BCUT2D eigenvalue weighted by Crippen LogP contribution is -2.23. The molecule has 16 heavy (non-hydrogen) atoms. The van der Waals surface area contributed by atoms with Gasteiger partial charge in [0.05, 0.1) is 4.47 Å². The molecule has 0 bridgehead atoms. The van der Waals surface area contributed by atoms with E-state index in [4.69, 9.17) is 0 Å². The highest BCUT2D eigenvalue weighted by Crippen LogP contribution is 2.22. The Morgan fingerprint density at radius 2 is 2.19 bits per heavy atom. The molecule has 1 aromatic rings.